The van der Waals surface area contributed by atoms with E-state index in [1.54, 1.807) is 8.61 Å². The minimum atomic E-state index is -3.24. The first kappa shape index (κ1) is 17.1. The molecule has 2 fully saturated rings. The molecule has 0 atom stereocenters. The zero-order valence-electron chi connectivity index (χ0n) is 13.2. The lowest BCUT2D eigenvalue weighted by Crippen LogP contribution is -2.54. The molecule has 0 aromatic rings. The van der Waals surface area contributed by atoms with Crippen molar-refractivity contribution < 1.29 is 8.42 Å². The van der Waals surface area contributed by atoms with Gasteiger partial charge in [0.1, 0.15) is 0 Å². The van der Waals surface area contributed by atoms with Crippen molar-refractivity contribution in [2.24, 2.45) is 11.7 Å². The topological polar surface area (TPSA) is 69.9 Å². The van der Waals surface area contributed by atoms with Crippen LogP contribution in [-0.2, 0) is 10.2 Å². The molecule has 0 unspecified atom stereocenters. The van der Waals surface area contributed by atoms with Crippen LogP contribution in [0.25, 0.3) is 0 Å². The van der Waals surface area contributed by atoms with E-state index in [9.17, 15) is 8.42 Å². The summed E-state index contributed by atoms with van der Waals surface area (Å²) in [6, 6.07) is 0. The molecule has 124 valence electrons. The van der Waals surface area contributed by atoms with Gasteiger partial charge in [-0.05, 0) is 44.7 Å². The van der Waals surface area contributed by atoms with Gasteiger partial charge < -0.3 is 10.6 Å². The van der Waals surface area contributed by atoms with E-state index in [1.807, 2.05) is 0 Å². The molecular formula is C14H30N4O2S. The number of rotatable bonds is 6. The molecule has 2 rings (SSSR count). The molecule has 0 aromatic heterocycles. The Kier molecular flexibility index (Phi) is 6.43. The molecule has 0 radical (unpaired) electrons. The number of piperazine rings is 1. The SMILES string of the molecule is CC1CCN(S(=O)(=O)N2CCN(CCCCN)CC2)CC1. The second kappa shape index (κ2) is 7.87. The first-order valence-electron chi connectivity index (χ1n) is 8.21. The Labute approximate surface area is 129 Å². The number of nitrogens with zero attached hydrogens (tertiary/aromatic N) is 3. The molecule has 0 bridgehead atoms. The highest BCUT2D eigenvalue weighted by molar-refractivity contribution is 7.86. The Morgan fingerprint density at radius 2 is 1.52 bits per heavy atom. The van der Waals surface area contributed by atoms with Gasteiger partial charge in [0.05, 0.1) is 0 Å². The van der Waals surface area contributed by atoms with Crippen LogP contribution in [0.5, 0.6) is 0 Å². The second-order valence-electron chi connectivity index (χ2n) is 6.33. The Bertz CT molecular complexity index is 399. The fourth-order valence-corrected chi connectivity index (χ4v) is 4.67. The van der Waals surface area contributed by atoms with Crippen molar-refractivity contribution in [1.82, 2.24) is 13.5 Å². The quantitative estimate of drug-likeness (QED) is 0.716. The summed E-state index contributed by atoms with van der Waals surface area (Å²) in [5.41, 5.74) is 5.50. The van der Waals surface area contributed by atoms with Crippen LogP contribution in [0.1, 0.15) is 32.6 Å². The molecule has 0 spiro atoms. The maximum absolute atomic E-state index is 12.6. The predicted molar refractivity (Wildman–Crippen MR) is 85.2 cm³/mol. The summed E-state index contributed by atoms with van der Waals surface area (Å²) in [6.07, 6.45) is 4.12. The third-order valence-corrected chi connectivity index (χ3v) is 6.69. The van der Waals surface area contributed by atoms with Gasteiger partial charge in [0.25, 0.3) is 10.2 Å². The van der Waals surface area contributed by atoms with Crippen LogP contribution in [0.3, 0.4) is 0 Å². The van der Waals surface area contributed by atoms with Crippen LogP contribution in [-0.4, -0.2) is 74.3 Å². The van der Waals surface area contributed by atoms with Crippen LogP contribution in [0.2, 0.25) is 0 Å². The van der Waals surface area contributed by atoms with Crippen molar-refractivity contribution in [3.05, 3.63) is 0 Å². The minimum Gasteiger partial charge on any atom is -0.330 e. The number of hydrogen-bond donors (Lipinski definition) is 1. The molecule has 2 aliphatic rings. The van der Waals surface area contributed by atoms with Crippen LogP contribution < -0.4 is 5.73 Å². The van der Waals surface area contributed by atoms with E-state index in [4.69, 9.17) is 5.73 Å². The average molecular weight is 318 g/mol. The standard InChI is InChI=1S/C14H30N4O2S/c1-14-4-8-17(9-5-14)21(19,20)18-12-10-16(11-13-18)7-3-2-6-15/h14H,2-13,15H2,1H3. The summed E-state index contributed by atoms with van der Waals surface area (Å²) >= 11 is 0. The van der Waals surface area contributed by atoms with Gasteiger partial charge in [0, 0.05) is 39.3 Å². The van der Waals surface area contributed by atoms with E-state index >= 15 is 0 Å². The zero-order chi connectivity index (χ0) is 15.3. The Hall–Kier alpha value is -0.210. The highest BCUT2D eigenvalue weighted by atomic mass is 32.2. The lowest BCUT2D eigenvalue weighted by atomic mass is 10.0. The van der Waals surface area contributed by atoms with Crippen molar-refractivity contribution in [3.63, 3.8) is 0 Å². The molecule has 0 saturated carbocycles. The van der Waals surface area contributed by atoms with Crippen molar-refractivity contribution >= 4 is 10.2 Å². The number of nitrogens with two attached hydrogens (primary N) is 1. The fraction of sp³-hybridized carbons (Fsp3) is 1.00. The van der Waals surface area contributed by atoms with E-state index < -0.39 is 10.2 Å². The van der Waals surface area contributed by atoms with E-state index in [1.165, 1.54) is 0 Å². The van der Waals surface area contributed by atoms with E-state index in [0.29, 0.717) is 32.1 Å². The van der Waals surface area contributed by atoms with Gasteiger partial charge in [-0.2, -0.15) is 17.0 Å². The molecule has 7 heteroatoms. The minimum absolute atomic E-state index is 0.622. The molecule has 21 heavy (non-hydrogen) atoms. The number of hydrogen-bond acceptors (Lipinski definition) is 4. The highest BCUT2D eigenvalue weighted by Crippen LogP contribution is 2.21. The Morgan fingerprint density at radius 3 is 2.10 bits per heavy atom. The monoisotopic (exact) mass is 318 g/mol. The van der Waals surface area contributed by atoms with Gasteiger partial charge >= 0.3 is 0 Å². The lowest BCUT2D eigenvalue weighted by molar-refractivity contribution is 0.174. The summed E-state index contributed by atoms with van der Waals surface area (Å²) in [5, 5.41) is 0. The molecule has 0 aromatic carbocycles. The van der Waals surface area contributed by atoms with Crippen molar-refractivity contribution in [1.29, 1.82) is 0 Å². The zero-order valence-corrected chi connectivity index (χ0v) is 14.0. The summed E-state index contributed by atoms with van der Waals surface area (Å²) in [4.78, 5) is 2.35. The van der Waals surface area contributed by atoms with Crippen LogP contribution in [0, 0.1) is 5.92 Å². The maximum Gasteiger partial charge on any atom is 0.282 e. The Morgan fingerprint density at radius 1 is 0.952 bits per heavy atom. The van der Waals surface area contributed by atoms with Gasteiger partial charge in [0.2, 0.25) is 0 Å². The highest BCUT2D eigenvalue weighted by Gasteiger charge is 2.33. The van der Waals surface area contributed by atoms with Gasteiger partial charge in [-0.15, -0.1) is 0 Å². The van der Waals surface area contributed by atoms with Gasteiger partial charge in [0.15, 0.2) is 0 Å². The van der Waals surface area contributed by atoms with Crippen LogP contribution in [0.4, 0.5) is 0 Å². The summed E-state index contributed by atoms with van der Waals surface area (Å²) in [6.45, 7) is 8.26. The number of unbranched alkanes of at least 4 members (excludes halogenated alkanes) is 1. The Balaban J connectivity index is 1.80. The average Bonchev–Trinajstić information content (AvgIpc) is 2.48. The molecular weight excluding hydrogens is 288 g/mol. The molecule has 2 aliphatic heterocycles. The van der Waals surface area contributed by atoms with E-state index in [2.05, 4.69) is 11.8 Å². The van der Waals surface area contributed by atoms with Crippen molar-refractivity contribution in [2.75, 3.05) is 52.4 Å². The number of piperidine rings is 1. The largest absolute Gasteiger partial charge is 0.330 e. The summed E-state index contributed by atoms with van der Waals surface area (Å²) in [7, 11) is -3.24. The van der Waals surface area contributed by atoms with Gasteiger partial charge in [-0.3, -0.25) is 0 Å². The van der Waals surface area contributed by atoms with E-state index in [-0.39, 0.29) is 0 Å². The smallest absolute Gasteiger partial charge is 0.282 e. The molecule has 0 amide bonds. The van der Waals surface area contributed by atoms with Crippen LogP contribution in [0.15, 0.2) is 0 Å². The fourth-order valence-electron chi connectivity index (χ4n) is 3.04. The third-order valence-electron chi connectivity index (χ3n) is 4.65. The normalized spacial score (nSPS) is 24.5. The predicted octanol–water partition coefficient (Wildman–Crippen LogP) is 0.320. The molecule has 2 heterocycles. The molecule has 6 nitrogen and oxygen atoms in total. The van der Waals surface area contributed by atoms with Crippen molar-refractivity contribution in [3.8, 4) is 0 Å². The summed E-state index contributed by atoms with van der Waals surface area (Å²) in [5.74, 6) is 0.649. The molecule has 2 saturated heterocycles. The molecule has 0 aliphatic carbocycles. The lowest BCUT2D eigenvalue weighted by Gasteiger charge is -2.38. The maximum atomic E-state index is 12.6. The van der Waals surface area contributed by atoms with Crippen LogP contribution >= 0.6 is 0 Å². The van der Waals surface area contributed by atoms with Crippen molar-refractivity contribution in [2.45, 2.75) is 32.6 Å². The van der Waals surface area contributed by atoms with Gasteiger partial charge in [-0.25, -0.2) is 0 Å². The van der Waals surface area contributed by atoms with Gasteiger partial charge in [-0.1, -0.05) is 6.92 Å². The van der Waals surface area contributed by atoms with E-state index in [0.717, 1.165) is 51.9 Å². The third kappa shape index (κ3) is 4.63. The first-order valence-corrected chi connectivity index (χ1v) is 9.61. The second-order valence-corrected chi connectivity index (χ2v) is 8.25. The summed E-state index contributed by atoms with van der Waals surface area (Å²) < 4.78 is 28.6. The molecule has 2 N–H and O–H groups in total. The first-order chi connectivity index (χ1) is 10.0.